The van der Waals surface area contributed by atoms with Crippen molar-refractivity contribution in [3.8, 4) is 0 Å². The van der Waals surface area contributed by atoms with Crippen LogP contribution in [0.2, 0.25) is 0 Å². The van der Waals surface area contributed by atoms with Crippen molar-refractivity contribution in [3.63, 3.8) is 0 Å². The molecule has 2 rings (SSSR count). The minimum Gasteiger partial charge on any atom is -0.465 e. The second-order valence-corrected chi connectivity index (χ2v) is 5.28. The van der Waals surface area contributed by atoms with Crippen LogP contribution in [0.15, 0.2) is 12.3 Å². The Morgan fingerprint density at radius 2 is 2.24 bits per heavy atom. The molecule has 0 unspecified atom stereocenters. The number of hydrogen-bond donors (Lipinski definition) is 2. The number of methoxy groups -OCH3 is 1. The van der Waals surface area contributed by atoms with Gasteiger partial charge in [0.25, 0.3) is 0 Å². The number of nitrogen functional groups attached to an aromatic ring is 1. The lowest BCUT2D eigenvalue weighted by Gasteiger charge is -2.36. The summed E-state index contributed by atoms with van der Waals surface area (Å²) in [4.78, 5) is 17.6. The van der Waals surface area contributed by atoms with E-state index in [9.17, 15) is 9.90 Å². The lowest BCUT2D eigenvalue weighted by Crippen LogP contribution is -2.46. The molecule has 7 heteroatoms. The van der Waals surface area contributed by atoms with Gasteiger partial charge < -0.3 is 25.2 Å². The zero-order valence-electron chi connectivity index (χ0n) is 12.3. The second-order valence-electron chi connectivity index (χ2n) is 5.28. The number of anilines is 2. The smallest absolute Gasteiger partial charge is 0.340 e. The van der Waals surface area contributed by atoms with Gasteiger partial charge in [0.2, 0.25) is 0 Å². The molecule has 1 fully saturated rings. The first-order valence-electron chi connectivity index (χ1n) is 6.81. The number of nitrogens with zero attached hydrogens (tertiary/aromatic N) is 2. The standard InChI is InChI=1S/C14H21N3O4/c1-17(9-14(19)4-7-21-8-5-14)12-11(15)10(3-6-16-12)13(18)20-2/h3,6,19H,4-5,7-9,15H2,1-2H3. The van der Waals surface area contributed by atoms with Crippen LogP contribution in [-0.2, 0) is 9.47 Å². The van der Waals surface area contributed by atoms with Gasteiger partial charge in [-0.25, -0.2) is 9.78 Å². The van der Waals surface area contributed by atoms with Gasteiger partial charge in [-0.3, -0.25) is 0 Å². The van der Waals surface area contributed by atoms with Gasteiger partial charge >= 0.3 is 5.97 Å². The van der Waals surface area contributed by atoms with Crippen molar-refractivity contribution < 1.29 is 19.4 Å². The van der Waals surface area contributed by atoms with Crippen molar-refractivity contribution in [2.45, 2.75) is 18.4 Å². The van der Waals surface area contributed by atoms with Gasteiger partial charge in [-0.05, 0) is 6.07 Å². The summed E-state index contributed by atoms with van der Waals surface area (Å²) in [5, 5.41) is 10.5. The van der Waals surface area contributed by atoms with E-state index in [-0.39, 0.29) is 11.3 Å². The quantitative estimate of drug-likeness (QED) is 0.777. The van der Waals surface area contributed by atoms with E-state index in [0.717, 1.165) is 0 Å². The number of aliphatic hydroxyl groups is 1. The van der Waals surface area contributed by atoms with E-state index >= 15 is 0 Å². The fourth-order valence-corrected chi connectivity index (χ4v) is 2.48. The molecule has 0 aliphatic carbocycles. The minimum atomic E-state index is -0.831. The topological polar surface area (TPSA) is 97.9 Å². The molecule has 1 aliphatic heterocycles. The highest BCUT2D eigenvalue weighted by molar-refractivity contribution is 5.97. The summed E-state index contributed by atoms with van der Waals surface area (Å²) in [6.07, 6.45) is 2.63. The van der Waals surface area contributed by atoms with Crippen LogP contribution < -0.4 is 10.6 Å². The van der Waals surface area contributed by atoms with Gasteiger partial charge in [0, 0.05) is 45.8 Å². The molecule has 3 N–H and O–H groups in total. The molecule has 7 nitrogen and oxygen atoms in total. The van der Waals surface area contributed by atoms with Crippen LogP contribution in [-0.4, -0.2) is 55.6 Å². The van der Waals surface area contributed by atoms with E-state index in [0.29, 0.717) is 38.4 Å². The lowest BCUT2D eigenvalue weighted by atomic mass is 9.94. The molecule has 0 amide bonds. The number of pyridine rings is 1. The maximum Gasteiger partial charge on any atom is 0.340 e. The molecule has 2 heterocycles. The molecule has 0 aromatic carbocycles. The number of carbonyl (C=O) groups excluding carboxylic acids is 1. The summed E-state index contributed by atoms with van der Waals surface area (Å²) in [7, 11) is 3.09. The van der Waals surface area contributed by atoms with E-state index in [1.807, 2.05) is 0 Å². The molecule has 0 saturated carbocycles. The van der Waals surface area contributed by atoms with Crippen molar-refractivity contribution in [1.29, 1.82) is 0 Å². The Kier molecular flexibility index (Phi) is 4.64. The molecular formula is C14H21N3O4. The molecule has 0 bridgehead atoms. The van der Waals surface area contributed by atoms with Crippen molar-refractivity contribution >= 4 is 17.5 Å². The number of aromatic nitrogens is 1. The van der Waals surface area contributed by atoms with Crippen LogP contribution in [0, 0.1) is 0 Å². The van der Waals surface area contributed by atoms with E-state index in [2.05, 4.69) is 4.98 Å². The second kappa shape index (κ2) is 6.28. The Bertz CT molecular complexity index is 515. The highest BCUT2D eigenvalue weighted by Crippen LogP contribution is 2.27. The maximum atomic E-state index is 11.6. The molecule has 116 valence electrons. The number of carbonyl (C=O) groups is 1. The monoisotopic (exact) mass is 295 g/mol. The number of nitrogens with two attached hydrogens (primary N) is 1. The van der Waals surface area contributed by atoms with Crippen LogP contribution in [0.5, 0.6) is 0 Å². The SMILES string of the molecule is COC(=O)c1ccnc(N(C)CC2(O)CCOCC2)c1N. The Balaban J connectivity index is 2.19. The van der Waals surface area contributed by atoms with Crippen molar-refractivity contribution in [2.24, 2.45) is 0 Å². The predicted octanol–water partition coefficient (Wildman–Crippen LogP) is 0.428. The molecule has 21 heavy (non-hydrogen) atoms. The number of likely N-dealkylation sites (N-methyl/N-ethyl adjacent to an activating group) is 1. The first-order valence-corrected chi connectivity index (χ1v) is 6.81. The van der Waals surface area contributed by atoms with Crippen LogP contribution in [0.1, 0.15) is 23.2 Å². The first-order chi connectivity index (χ1) is 9.97. The van der Waals surface area contributed by atoms with Crippen LogP contribution in [0.3, 0.4) is 0 Å². The fraction of sp³-hybridized carbons (Fsp3) is 0.571. The highest BCUT2D eigenvalue weighted by Gasteiger charge is 2.32. The van der Waals surface area contributed by atoms with Gasteiger partial charge in [-0.1, -0.05) is 0 Å². The zero-order valence-corrected chi connectivity index (χ0v) is 12.3. The first kappa shape index (κ1) is 15.5. The number of rotatable bonds is 4. The Morgan fingerprint density at radius 1 is 1.57 bits per heavy atom. The summed E-state index contributed by atoms with van der Waals surface area (Å²) < 4.78 is 9.95. The molecule has 1 aliphatic rings. The van der Waals surface area contributed by atoms with Gasteiger partial charge in [0.1, 0.15) is 0 Å². The van der Waals surface area contributed by atoms with Crippen molar-refractivity contribution in [2.75, 3.05) is 44.5 Å². The highest BCUT2D eigenvalue weighted by atomic mass is 16.5. The van der Waals surface area contributed by atoms with E-state index in [1.165, 1.54) is 19.4 Å². The maximum absolute atomic E-state index is 11.6. The third-order valence-corrected chi connectivity index (χ3v) is 3.69. The largest absolute Gasteiger partial charge is 0.465 e. The summed E-state index contributed by atoms with van der Waals surface area (Å²) in [5.74, 6) is -0.0489. The number of ether oxygens (including phenoxy) is 2. The molecule has 0 radical (unpaired) electrons. The lowest BCUT2D eigenvalue weighted by molar-refractivity contribution is -0.0573. The average molecular weight is 295 g/mol. The van der Waals surface area contributed by atoms with Gasteiger partial charge in [-0.2, -0.15) is 0 Å². The average Bonchev–Trinajstić information content (AvgIpc) is 2.46. The van der Waals surface area contributed by atoms with E-state index in [1.54, 1.807) is 11.9 Å². The van der Waals surface area contributed by atoms with Gasteiger partial charge in [0.15, 0.2) is 5.82 Å². The van der Waals surface area contributed by atoms with Gasteiger partial charge in [-0.15, -0.1) is 0 Å². The summed E-state index contributed by atoms with van der Waals surface area (Å²) in [6.45, 7) is 1.45. The molecule has 1 aromatic rings. The number of hydrogen-bond acceptors (Lipinski definition) is 7. The summed E-state index contributed by atoms with van der Waals surface area (Å²) in [6, 6.07) is 1.52. The normalized spacial score (nSPS) is 17.3. The predicted molar refractivity (Wildman–Crippen MR) is 78.3 cm³/mol. The third-order valence-electron chi connectivity index (χ3n) is 3.69. The third kappa shape index (κ3) is 3.43. The van der Waals surface area contributed by atoms with Crippen LogP contribution >= 0.6 is 0 Å². The van der Waals surface area contributed by atoms with Crippen molar-refractivity contribution in [3.05, 3.63) is 17.8 Å². The zero-order chi connectivity index (χ0) is 15.5. The Morgan fingerprint density at radius 3 is 2.86 bits per heavy atom. The molecular weight excluding hydrogens is 274 g/mol. The van der Waals surface area contributed by atoms with Crippen LogP contribution in [0.25, 0.3) is 0 Å². The summed E-state index contributed by atoms with van der Waals surface area (Å²) >= 11 is 0. The molecule has 0 atom stereocenters. The minimum absolute atomic E-state index is 0.252. The summed E-state index contributed by atoms with van der Waals surface area (Å²) in [5.41, 5.74) is 5.69. The molecule has 0 spiro atoms. The molecule has 1 aromatic heterocycles. The Labute approximate surface area is 123 Å². The molecule has 1 saturated heterocycles. The van der Waals surface area contributed by atoms with Crippen LogP contribution in [0.4, 0.5) is 11.5 Å². The van der Waals surface area contributed by atoms with Gasteiger partial charge in [0.05, 0.1) is 24.0 Å². The fourth-order valence-electron chi connectivity index (χ4n) is 2.48. The number of esters is 1. The Hall–Kier alpha value is -1.86. The van der Waals surface area contributed by atoms with E-state index in [4.69, 9.17) is 15.2 Å². The van der Waals surface area contributed by atoms with Crippen molar-refractivity contribution in [1.82, 2.24) is 4.98 Å². The van der Waals surface area contributed by atoms with E-state index < -0.39 is 11.6 Å².